The molecule has 8 heteroatoms. The summed E-state index contributed by atoms with van der Waals surface area (Å²) in [7, 11) is 0. The molecule has 2 heterocycles. The van der Waals surface area contributed by atoms with Crippen LogP contribution >= 0.6 is 0 Å². The summed E-state index contributed by atoms with van der Waals surface area (Å²) in [4.78, 5) is 27.4. The monoisotopic (exact) mass is 358 g/mol. The number of nitrogens with one attached hydrogen (secondary N) is 1. The van der Waals surface area contributed by atoms with Crippen LogP contribution in [0.1, 0.15) is 30.6 Å². The number of pyridine rings is 1. The first-order chi connectivity index (χ1) is 12.3. The number of aromatic nitrogens is 1. The van der Waals surface area contributed by atoms with Crippen LogP contribution in [-0.4, -0.2) is 41.6 Å². The van der Waals surface area contributed by atoms with Gasteiger partial charge >= 0.3 is 0 Å². The van der Waals surface area contributed by atoms with E-state index < -0.39 is 5.91 Å². The molecule has 0 saturated carbocycles. The number of ether oxygens (including phenoxy) is 2. The molecule has 3 rings (SSSR count). The van der Waals surface area contributed by atoms with E-state index >= 15 is 0 Å². The molecule has 1 fully saturated rings. The van der Waals surface area contributed by atoms with Crippen molar-refractivity contribution < 1.29 is 19.1 Å². The van der Waals surface area contributed by atoms with E-state index in [1.807, 2.05) is 13.8 Å². The Kier molecular flexibility index (Phi) is 4.94. The Bertz CT molecular complexity index is 852. The number of hydrogen-bond acceptors (Lipinski definition) is 6. The maximum atomic E-state index is 11.7. The Balaban J connectivity index is 1.93. The standard InChI is InChI=1S/C18H22N4O4/c1-9(2)26-15-6-11-10(5-12(15)17(20)24)3-4-21-18(11)25-8-14-13(19)7-16(23)22-14/h3-6,9,13-14H,7-8,19H2,1-2H3,(H2,20,24)(H,22,23)/t13-,14+/m0/s1. The van der Waals surface area contributed by atoms with Crippen LogP contribution in [0.15, 0.2) is 24.4 Å². The lowest BCUT2D eigenvalue weighted by atomic mass is 10.1. The number of rotatable bonds is 6. The first kappa shape index (κ1) is 17.9. The Morgan fingerprint density at radius 1 is 1.42 bits per heavy atom. The number of carbonyl (C=O) groups excluding carboxylic acids is 2. The van der Waals surface area contributed by atoms with Gasteiger partial charge in [0.15, 0.2) is 0 Å². The summed E-state index contributed by atoms with van der Waals surface area (Å²) in [6.07, 6.45) is 1.74. The molecule has 1 aromatic heterocycles. The van der Waals surface area contributed by atoms with Gasteiger partial charge in [-0.05, 0) is 37.4 Å². The number of fused-ring (bicyclic) bond motifs is 1. The fourth-order valence-corrected chi connectivity index (χ4v) is 2.90. The molecule has 1 aromatic carbocycles. The highest BCUT2D eigenvalue weighted by atomic mass is 16.5. The van der Waals surface area contributed by atoms with Crippen molar-refractivity contribution in [2.45, 2.75) is 38.5 Å². The average molecular weight is 358 g/mol. The lowest BCUT2D eigenvalue weighted by molar-refractivity contribution is -0.119. The minimum absolute atomic E-state index is 0.0873. The van der Waals surface area contributed by atoms with Crippen molar-refractivity contribution in [2.75, 3.05) is 6.61 Å². The summed E-state index contributed by atoms with van der Waals surface area (Å²) >= 11 is 0. The number of nitrogens with two attached hydrogens (primary N) is 2. The lowest BCUT2D eigenvalue weighted by Gasteiger charge is -2.17. The third-order valence-corrected chi connectivity index (χ3v) is 4.14. The van der Waals surface area contributed by atoms with E-state index in [4.69, 9.17) is 20.9 Å². The molecular formula is C18H22N4O4. The van der Waals surface area contributed by atoms with E-state index in [0.717, 1.165) is 5.39 Å². The fraction of sp³-hybridized carbons (Fsp3) is 0.389. The summed E-state index contributed by atoms with van der Waals surface area (Å²) < 4.78 is 11.5. The zero-order valence-electron chi connectivity index (χ0n) is 14.7. The molecule has 2 amide bonds. The number of hydrogen-bond donors (Lipinski definition) is 3. The van der Waals surface area contributed by atoms with Gasteiger partial charge in [0.2, 0.25) is 11.8 Å². The predicted octanol–water partition coefficient (Wildman–Crippen LogP) is 0.716. The Labute approximate surface area is 150 Å². The molecule has 0 unspecified atom stereocenters. The van der Waals surface area contributed by atoms with Gasteiger partial charge in [-0.25, -0.2) is 4.98 Å². The molecule has 1 saturated heterocycles. The van der Waals surface area contributed by atoms with Crippen LogP contribution in [0.25, 0.3) is 10.8 Å². The van der Waals surface area contributed by atoms with Crippen molar-refractivity contribution in [1.29, 1.82) is 0 Å². The van der Waals surface area contributed by atoms with E-state index in [2.05, 4.69) is 10.3 Å². The third-order valence-electron chi connectivity index (χ3n) is 4.14. The summed E-state index contributed by atoms with van der Waals surface area (Å²) in [6, 6.07) is 4.56. The van der Waals surface area contributed by atoms with E-state index in [9.17, 15) is 9.59 Å². The molecule has 5 N–H and O–H groups in total. The molecule has 0 bridgehead atoms. The van der Waals surface area contributed by atoms with Crippen molar-refractivity contribution in [3.63, 3.8) is 0 Å². The van der Waals surface area contributed by atoms with Gasteiger partial charge in [0.25, 0.3) is 5.91 Å². The number of nitrogens with zero attached hydrogens (tertiary/aromatic N) is 1. The van der Waals surface area contributed by atoms with Gasteiger partial charge in [-0.15, -0.1) is 0 Å². The Morgan fingerprint density at radius 2 is 2.19 bits per heavy atom. The van der Waals surface area contributed by atoms with Crippen LogP contribution in [0.3, 0.4) is 0 Å². The minimum atomic E-state index is -0.568. The van der Waals surface area contributed by atoms with Gasteiger partial charge in [-0.1, -0.05) is 0 Å². The molecular weight excluding hydrogens is 336 g/mol. The predicted molar refractivity (Wildman–Crippen MR) is 96.0 cm³/mol. The maximum absolute atomic E-state index is 11.7. The highest BCUT2D eigenvalue weighted by Crippen LogP contribution is 2.31. The highest BCUT2D eigenvalue weighted by molar-refractivity contribution is 6.01. The molecule has 0 spiro atoms. The van der Waals surface area contributed by atoms with Crippen molar-refractivity contribution in [1.82, 2.24) is 10.3 Å². The quantitative estimate of drug-likeness (QED) is 0.697. The van der Waals surface area contributed by atoms with Crippen LogP contribution in [0.5, 0.6) is 11.6 Å². The van der Waals surface area contributed by atoms with Gasteiger partial charge in [0, 0.05) is 24.0 Å². The van der Waals surface area contributed by atoms with E-state index in [-0.39, 0.29) is 37.1 Å². The molecule has 2 atom stereocenters. The second kappa shape index (κ2) is 7.17. The van der Waals surface area contributed by atoms with Crippen molar-refractivity contribution in [2.24, 2.45) is 11.5 Å². The summed E-state index contributed by atoms with van der Waals surface area (Å²) in [5, 5.41) is 4.22. The Hall–Kier alpha value is -2.87. The molecule has 1 aliphatic rings. The largest absolute Gasteiger partial charge is 0.490 e. The second-order valence-corrected chi connectivity index (χ2v) is 6.57. The normalized spacial score (nSPS) is 19.6. The molecule has 8 nitrogen and oxygen atoms in total. The molecule has 2 aromatic rings. The zero-order valence-corrected chi connectivity index (χ0v) is 14.7. The van der Waals surface area contributed by atoms with Crippen LogP contribution in [0, 0.1) is 0 Å². The van der Waals surface area contributed by atoms with Crippen molar-refractivity contribution >= 4 is 22.6 Å². The van der Waals surface area contributed by atoms with Crippen LogP contribution in [0.4, 0.5) is 0 Å². The van der Waals surface area contributed by atoms with Crippen LogP contribution < -0.4 is 26.3 Å². The van der Waals surface area contributed by atoms with Crippen molar-refractivity contribution in [3.8, 4) is 11.6 Å². The lowest BCUT2D eigenvalue weighted by Crippen LogP contribution is -2.41. The highest BCUT2D eigenvalue weighted by Gasteiger charge is 2.30. The maximum Gasteiger partial charge on any atom is 0.252 e. The smallest absolute Gasteiger partial charge is 0.252 e. The number of amides is 2. The Morgan fingerprint density at radius 3 is 2.81 bits per heavy atom. The van der Waals surface area contributed by atoms with Crippen molar-refractivity contribution in [3.05, 3.63) is 30.0 Å². The summed E-state index contributed by atoms with van der Waals surface area (Å²) in [5.74, 6) is 0.0985. The average Bonchev–Trinajstić information content (AvgIpc) is 2.89. The van der Waals surface area contributed by atoms with Gasteiger partial charge < -0.3 is 26.3 Å². The minimum Gasteiger partial charge on any atom is -0.490 e. The second-order valence-electron chi connectivity index (χ2n) is 6.57. The number of benzene rings is 1. The molecule has 1 aliphatic heterocycles. The van der Waals surface area contributed by atoms with Crippen LogP contribution in [0.2, 0.25) is 0 Å². The first-order valence-electron chi connectivity index (χ1n) is 8.42. The zero-order chi connectivity index (χ0) is 18.8. The number of carbonyl (C=O) groups is 2. The third kappa shape index (κ3) is 3.70. The van der Waals surface area contributed by atoms with E-state index in [1.54, 1.807) is 24.4 Å². The topological polar surface area (TPSA) is 130 Å². The molecule has 138 valence electrons. The number of primary amides is 1. The molecule has 0 aliphatic carbocycles. The van der Waals surface area contributed by atoms with E-state index in [0.29, 0.717) is 22.6 Å². The first-order valence-corrected chi connectivity index (χ1v) is 8.42. The van der Waals surface area contributed by atoms with Gasteiger partial charge in [-0.2, -0.15) is 0 Å². The SMILES string of the molecule is CC(C)Oc1cc2c(OC[C@H]3NC(=O)C[C@@H]3N)nccc2cc1C(N)=O. The molecule has 0 radical (unpaired) electrons. The van der Waals surface area contributed by atoms with E-state index in [1.165, 1.54) is 0 Å². The summed E-state index contributed by atoms with van der Waals surface area (Å²) in [6.45, 7) is 3.93. The van der Waals surface area contributed by atoms with Gasteiger partial charge in [0.05, 0.1) is 17.7 Å². The van der Waals surface area contributed by atoms with Crippen LogP contribution in [-0.2, 0) is 4.79 Å². The molecule has 26 heavy (non-hydrogen) atoms. The summed E-state index contributed by atoms with van der Waals surface area (Å²) in [5.41, 5.74) is 11.7. The van der Waals surface area contributed by atoms with Gasteiger partial charge in [0.1, 0.15) is 12.4 Å². The van der Waals surface area contributed by atoms with Gasteiger partial charge in [-0.3, -0.25) is 9.59 Å². The fourth-order valence-electron chi connectivity index (χ4n) is 2.90.